The number of hydrogen-bond donors (Lipinski definition) is 2. The minimum Gasteiger partial charge on any atom is -0.385 e. The predicted molar refractivity (Wildman–Crippen MR) is 77.2 cm³/mol. The molecule has 1 aromatic rings. The summed E-state index contributed by atoms with van der Waals surface area (Å²) in [7, 11) is -3.34. The minimum absolute atomic E-state index is 0.0225. The highest BCUT2D eigenvalue weighted by molar-refractivity contribution is 7.92. The van der Waals surface area contributed by atoms with E-state index in [2.05, 4.69) is 10.0 Å². The van der Waals surface area contributed by atoms with Crippen molar-refractivity contribution in [3.63, 3.8) is 0 Å². The van der Waals surface area contributed by atoms with E-state index < -0.39 is 10.0 Å². The van der Waals surface area contributed by atoms with Gasteiger partial charge in [-0.2, -0.15) is 0 Å². The lowest BCUT2D eigenvalue weighted by molar-refractivity contribution is 0.163. The molecule has 1 aromatic carbocycles. The molecule has 0 saturated heterocycles. The molecule has 1 aliphatic rings. The van der Waals surface area contributed by atoms with Gasteiger partial charge >= 0.3 is 0 Å². The van der Waals surface area contributed by atoms with Crippen LogP contribution in [0.5, 0.6) is 0 Å². The first-order valence-electron chi connectivity index (χ1n) is 6.56. The van der Waals surface area contributed by atoms with Crippen molar-refractivity contribution < 1.29 is 13.2 Å². The van der Waals surface area contributed by atoms with Crippen molar-refractivity contribution in [1.82, 2.24) is 0 Å². The van der Waals surface area contributed by atoms with E-state index in [0.29, 0.717) is 12.3 Å². The maximum absolute atomic E-state index is 11.8. The number of ether oxygens (including phenoxy) is 1. The number of hydrogen-bond acceptors (Lipinski definition) is 4. The van der Waals surface area contributed by atoms with Crippen LogP contribution >= 0.6 is 0 Å². The summed E-state index contributed by atoms with van der Waals surface area (Å²) < 4.78 is 31.3. The van der Waals surface area contributed by atoms with Crippen molar-refractivity contribution in [3.8, 4) is 0 Å². The van der Waals surface area contributed by atoms with Gasteiger partial charge in [0.15, 0.2) is 0 Å². The Morgan fingerprint density at radius 1 is 1.42 bits per heavy atom. The summed E-state index contributed by atoms with van der Waals surface area (Å²) in [6, 6.07) is 5.64. The molecule has 0 fully saturated rings. The lowest BCUT2D eigenvalue weighted by Crippen LogP contribution is -2.20. The number of sulfonamides is 1. The molecule has 6 heteroatoms. The zero-order valence-electron chi connectivity index (χ0n) is 11.1. The predicted octanol–water partition coefficient (Wildman–Crippen LogP) is 1.82. The highest BCUT2D eigenvalue weighted by Crippen LogP contribution is 2.25. The Balaban J connectivity index is 2.02. The maximum atomic E-state index is 11.8. The second-order valence-corrected chi connectivity index (χ2v) is 6.36. The van der Waals surface area contributed by atoms with Crippen molar-refractivity contribution in [3.05, 3.63) is 23.8 Å². The highest BCUT2D eigenvalue weighted by atomic mass is 32.2. The van der Waals surface area contributed by atoms with E-state index in [-0.39, 0.29) is 12.4 Å². The van der Waals surface area contributed by atoms with Gasteiger partial charge in [-0.25, -0.2) is 8.42 Å². The molecule has 0 spiro atoms. The molecule has 0 aromatic heterocycles. The molecule has 5 nitrogen and oxygen atoms in total. The molecule has 0 bridgehead atoms. The molecule has 1 heterocycles. The summed E-state index contributed by atoms with van der Waals surface area (Å²) in [5.74, 6) is -0.0225. The van der Waals surface area contributed by atoms with Crippen LogP contribution in [0.4, 0.5) is 11.4 Å². The van der Waals surface area contributed by atoms with E-state index in [1.165, 1.54) is 5.56 Å². The Bertz CT molecular complexity index is 529. The van der Waals surface area contributed by atoms with Crippen LogP contribution in [-0.4, -0.2) is 33.9 Å². The van der Waals surface area contributed by atoms with E-state index in [1.807, 2.05) is 25.1 Å². The Hall–Kier alpha value is -1.27. The largest absolute Gasteiger partial charge is 0.385 e. The molecule has 2 N–H and O–H groups in total. The third kappa shape index (κ3) is 4.11. The fourth-order valence-corrected chi connectivity index (χ4v) is 2.99. The van der Waals surface area contributed by atoms with E-state index >= 15 is 0 Å². The van der Waals surface area contributed by atoms with E-state index in [1.54, 1.807) is 0 Å². The van der Waals surface area contributed by atoms with Crippen molar-refractivity contribution in [2.75, 3.05) is 35.6 Å². The molecular weight excluding hydrogens is 264 g/mol. The van der Waals surface area contributed by atoms with Gasteiger partial charge in [-0.05, 0) is 37.5 Å². The standard InChI is InChI=1S/C13H20N2O3S/c1-2-18-8-9-19(16,17)15-12-6-5-11-4-3-7-14-13(11)10-12/h5-6,10,14-15H,2-4,7-9H2,1H3. The molecule has 0 aliphatic carbocycles. The Morgan fingerprint density at radius 3 is 3.05 bits per heavy atom. The molecule has 0 saturated carbocycles. The van der Waals surface area contributed by atoms with Gasteiger partial charge in [0.25, 0.3) is 0 Å². The minimum atomic E-state index is -3.34. The number of rotatable bonds is 6. The molecular formula is C13H20N2O3S. The zero-order chi connectivity index (χ0) is 13.7. The topological polar surface area (TPSA) is 67.4 Å². The van der Waals surface area contributed by atoms with Crippen LogP contribution in [0.15, 0.2) is 18.2 Å². The van der Waals surface area contributed by atoms with Crippen LogP contribution in [0.25, 0.3) is 0 Å². The summed E-state index contributed by atoms with van der Waals surface area (Å²) in [6.45, 7) is 3.52. The molecule has 0 amide bonds. The average Bonchev–Trinajstić information content (AvgIpc) is 2.38. The Morgan fingerprint density at radius 2 is 2.26 bits per heavy atom. The second kappa shape index (κ2) is 6.25. The Kier molecular flexibility index (Phi) is 4.66. The molecule has 19 heavy (non-hydrogen) atoms. The molecule has 0 radical (unpaired) electrons. The maximum Gasteiger partial charge on any atom is 0.235 e. The van der Waals surface area contributed by atoms with Gasteiger partial charge in [0.1, 0.15) is 0 Å². The summed E-state index contributed by atoms with van der Waals surface area (Å²) in [5.41, 5.74) is 2.87. The third-order valence-corrected chi connectivity index (χ3v) is 4.27. The third-order valence-electron chi connectivity index (χ3n) is 3.02. The first-order valence-corrected chi connectivity index (χ1v) is 8.21. The molecule has 2 rings (SSSR count). The van der Waals surface area contributed by atoms with Gasteiger partial charge in [-0.1, -0.05) is 6.07 Å². The van der Waals surface area contributed by atoms with Gasteiger partial charge in [0.05, 0.1) is 18.0 Å². The van der Waals surface area contributed by atoms with Gasteiger partial charge in [0.2, 0.25) is 10.0 Å². The highest BCUT2D eigenvalue weighted by Gasteiger charge is 2.13. The van der Waals surface area contributed by atoms with Crippen LogP contribution in [-0.2, 0) is 21.2 Å². The molecule has 0 unspecified atom stereocenters. The van der Waals surface area contributed by atoms with E-state index in [4.69, 9.17) is 4.74 Å². The van der Waals surface area contributed by atoms with Crippen LogP contribution in [0.3, 0.4) is 0 Å². The summed E-state index contributed by atoms with van der Waals surface area (Å²) in [5, 5.41) is 3.28. The van der Waals surface area contributed by atoms with Crippen LogP contribution in [0.2, 0.25) is 0 Å². The summed E-state index contributed by atoms with van der Waals surface area (Å²) in [6.07, 6.45) is 2.16. The molecule has 1 aliphatic heterocycles. The monoisotopic (exact) mass is 284 g/mol. The van der Waals surface area contributed by atoms with Crippen LogP contribution < -0.4 is 10.0 Å². The van der Waals surface area contributed by atoms with E-state index in [0.717, 1.165) is 25.1 Å². The number of benzene rings is 1. The van der Waals surface area contributed by atoms with Crippen molar-refractivity contribution >= 4 is 21.4 Å². The number of anilines is 2. The quantitative estimate of drug-likeness (QED) is 0.782. The molecule has 0 atom stereocenters. The average molecular weight is 284 g/mol. The van der Waals surface area contributed by atoms with Gasteiger partial charge in [-0.3, -0.25) is 4.72 Å². The van der Waals surface area contributed by atoms with Gasteiger partial charge in [-0.15, -0.1) is 0 Å². The van der Waals surface area contributed by atoms with Crippen LogP contribution in [0.1, 0.15) is 18.9 Å². The lowest BCUT2D eigenvalue weighted by Gasteiger charge is -2.19. The van der Waals surface area contributed by atoms with Gasteiger partial charge in [0, 0.05) is 18.8 Å². The normalized spacial score (nSPS) is 14.6. The summed E-state index contributed by atoms with van der Waals surface area (Å²) in [4.78, 5) is 0. The first-order chi connectivity index (χ1) is 9.11. The van der Waals surface area contributed by atoms with Crippen molar-refractivity contribution in [1.29, 1.82) is 0 Å². The molecule has 106 valence electrons. The number of aryl methyl sites for hydroxylation is 1. The SMILES string of the molecule is CCOCCS(=O)(=O)Nc1ccc2c(c1)NCCC2. The fraction of sp³-hybridized carbons (Fsp3) is 0.538. The summed E-state index contributed by atoms with van der Waals surface area (Å²) >= 11 is 0. The van der Waals surface area contributed by atoms with Gasteiger partial charge < -0.3 is 10.1 Å². The lowest BCUT2D eigenvalue weighted by atomic mass is 10.0. The first kappa shape index (κ1) is 14.1. The Labute approximate surface area is 114 Å². The smallest absolute Gasteiger partial charge is 0.235 e. The zero-order valence-corrected chi connectivity index (χ0v) is 11.9. The fourth-order valence-electron chi connectivity index (χ4n) is 2.07. The number of nitrogens with one attached hydrogen (secondary N) is 2. The van der Waals surface area contributed by atoms with Crippen molar-refractivity contribution in [2.24, 2.45) is 0 Å². The van der Waals surface area contributed by atoms with Crippen molar-refractivity contribution in [2.45, 2.75) is 19.8 Å². The van der Waals surface area contributed by atoms with Crippen LogP contribution in [0, 0.1) is 0 Å². The number of fused-ring (bicyclic) bond motifs is 1. The van der Waals surface area contributed by atoms with E-state index in [9.17, 15) is 8.42 Å². The second-order valence-electron chi connectivity index (χ2n) is 4.52.